The maximum absolute atomic E-state index is 5.82. The molecule has 0 unspecified atom stereocenters. The van der Waals surface area contributed by atoms with E-state index in [9.17, 15) is 0 Å². The van der Waals surface area contributed by atoms with Gasteiger partial charge in [0, 0.05) is 16.0 Å². The Morgan fingerprint density at radius 2 is 2.17 bits per heavy atom. The summed E-state index contributed by atoms with van der Waals surface area (Å²) in [7, 11) is 0. The predicted octanol–water partition coefficient (Wildman–Crippen LogP) is 3.83. The van der Waals surface area contributed by atoms with Crippen LogP contribution in [-0.4, -0.2) is 0 Å². The summed E-state index contributed by atoms with van der Waals surface area (Å²) < 4.78 is 5.25. The zero-order valence-electron chi connectivity index (χ0n) is 6.18. The summed E-state index contributed by atoms with van der Waals surface area (Å²) in [4.78, 5) is 0. The Morgan fingerprint density at radius 1 is 1.33 bits per heavy atom. The number of benzene rings is 1. The average Bonchev–Trinajstić information content (AvgIpc) is 2.46. The summed E-state index contributed by atoms with van der Waals surface area (Å²) in [5.41, 5.74) is 1.81. The molecule has 0 bridgehead atoms. The highest BCUT2D eigenvalue weighted by molar-refractivity contribution is 6.31. The molecule has 2 aromatic rings. The zero-order chi connectivity index (χ0) is 8.55. The topological polar surface area (TPSA) is 13.1 Å². The highest BCUT2D eigenvalue weighted by atomic mass is 35.5. The summed E-state index contributed by atoms with van der Waals surface area (Å²) in [5, 5.41) is 1.70. The third kappa shape index (κ3) is 1.19. The minimum absolute atomic E-state index is 0.452. The van der Waals surface area contributed by atoms with Gasteiger partial charge in [-0.1, -0.05) is 11.6 Å². The van der Waals surface area contributed by atoms with Gasteiger partial charge in [-0.25, -0.2) is 0 Å². The van der Waals surface area contributed by atoms with Gasteiger partial charge in [-0.2, -0.15) is 0 Å². The van der Waals surface area contributed by atoms with Crippen LogP contribution in [0.4, 0.5) is 0 Å². The van der Waals surface area contributed by atoms with Crippen molar-refractivity contribution in [1.29, 1.82) is 0 Å². The van der Waals surface area contributed by atoms with Crippen molar-refractivity contribution in [2.75, 3.05) is 0 Å². The molecular formula is C9H6Cl2O. The highest BCUT2D eigenvalue weighted by Crippen LogP contribution is 2.25. The molecule has 0 amide bonds. The lowest BCUT2D eigenvalue weighted by atomic mass is 10.2. The Bertz CT molecular complexity index is 406. The molecule has 0 spiro atoms. The van der Waals surface area contributed by atoms with Gasteiger partial charge in [0.25, 0.3) is 0 Å². The van der Waals surface area contributed by atoms with Crippen LogP contribution in [0.15, 0.2) is 28.9 Å². The smallest absolute Gasteiger partial charge is 0.134 e. The Morgan fingerprint density at radius 3 is 2.92 bits per heavy atom. The van der Waals surface area contributed by atoms with Crippen LogP contribution in [0, 0.1) is 0 Å². The number of halogens is 2. The first-order chi connectivity index (χ1) is 5.81. The molecule has 0 saturated carbocycles. The second-order valence-electron chi connectivity index (χ2n) is 2.54. The maximum Gasteiger partial charge on any atom is 0.134 e. The first kappa shape index (κ1) is 7.96. The van der Waals surface area contributed by atoms with Crippen LogP contribution >= 0.6 is 23.2 Å². The molecule has 2 rings (SSSR count). The van der Waals surface area contributed by atoms with Crippen molar-refractivity contribution in [2.24, 2.45) is 0 Å². The SMILES string of the molecule is ClCc1coc2ccc(Cl)cc12. The highest BCUT2D eigenvalue weighted by Gasteiger charge is 2.04. The molecule has 1 aromatic carbocycles. The summed E-state index contributed by atoms with van der Waals surface area (Å²) in [6.07, 6.45) is 1.66. The molecule has 0 saturated heterocycles. The van der Waals surface area contributed by atoms with Gasteiger partial charge in [0.15, 0.2) is 0 Å². The zero-order valence-corrected chi connectivity index (χ0v) is 7.69. The molecule has 1 nitrogen and oxygen atoms in total. The molecule has 3 heteroatoms. The fourth-order valence-electron chi connectivity index (χ4n) is 1.16. The van der Waals surface area contributed by atoms with Gasteiger partial charge in [-0.15, -0.1) is 11.6 Å². The summed E-state index contributed by atoms with van der Waals surface area (Å²) in [5.74, 6) is 0.452. The van der Waals surface area contributed by atoms with Gasteiger partial charge in [0.1, 0.15) is 5.58 Å². The molecular weight excluding hydrogens is 195 g/mol. The third-order valence-corrected chi connectivity index (χ3v) is 2.28. The summed E-state index contributed by atoms with van der Waals surface area (Å²) in [6.45, 7) is 0. The van der Waals surface area contributed by atoms with E-state index in [0.29, 0.717) is 10.9 Å². The number of rotatable bonds is 1. The van der Waals surface area contributed by atoms with Crippen LogP contribution < -0.4 is 0 Å². The van der Waals surface area contributed by atoms with E-state index in [4.69, 9.17) is 27.6 Å². The molecule has 1 aromatic heterocycles. The van der Waals surface area contributed by atoms with Crippen LogP contribution in [0.25, 0.3) is 11.0 Å². The Hall–Kier alpha value is -0.660. The van der Waals surface area contributed by atoms with Gasteiger partial charge >= 0.3 is 0 Å². The van der Waals surface area contributed by atoms with E-state index in [1.165, 1.54) is 0 Å². The third-order valence-electron chi connectivity index (χ3n) is 1.76. The number of hydrogen-bond donors (Lipinski definition) is 0. The van der Waals surface area contributed by atoms with Crippen LogP contribution in [0.5, 0.6) is 0 Å². The Balaban J connectivity index is 2.75. The van der Waals surface area contributed by atoms with Crippen molar-refractivity contribution in [3.05, 3.63) is 35.0 Å². The molecule has 0 radical (unpaired) electrons. The number of furan rings is 1. The summed E-state index contributed by atoms with van der Waals surface area (Å²) in [6, 6.07) is 5.50. The number of alkyl halides is 1. The van der Waals surface area contributed by atoms with Crippen LogP contribution in [0.3, 0.4) is 0 Å². The lowest BCUT2D eigenvalue weighted by molar-refractivity contribution is 0.612. The molecule has 0 atom stereocenters. The molecule has 0 aliphatic rings. The summed E-state index contributed by atoms with van der Waals surface area (Å²) >= 11 is 11.5. The van der Waals surface area contributed by atoms with Crippen molar-refractivity contribution >= 4 is 34.2 Å². The number of hydrogen-bond acceptors (Lipinski definition) is 1. The fraction of sp³-hybridized carbons (Fsp3) is 0.111. The van der Waals surface area contributed by atoms with Crippen molar-refractivity contribution in [3.63, 3.8) is 0 Å². The molecule has 1 heterocycles. The first-order valence-corrected chi connectivity index (χ1v) is 4.44. The monoisotopic (exact) mass is 200 g/mol. The van der Waals surface area contributed by atoms with Crippen LogP contribution in [0.2, 0.25) is 5.02 Å². The average molecular weight is 201 g/mol. The van der Waals surface area contributed by atoms with Gasteiger partial charge in [-0.3, -0.25) is 0 Å². The largest absolute Gasteiger partial charge is 0.464 e. The molecule has 0 aliphatic heterocycles. The second-order valence-corrected chi connectivity index (χ2v) is 3.24. The van der Waals surface area contributed by atoms with Crippen molar-refractivity contribution < 1.29 is 4.42 Å². The van der Waals surface area contributed by atoms with Crippen molar-refractivity contribution in [1.82, 2.24) is 0 Å². The van der Waals surface area contributed by atoms with Crippen LogP contribution in [-0.2, 0) is 5.88 Å². The quantitative estimate of drug-likeness (QED) is 0.639. The lowest BCUT2D eigenvalue weighted by Gasteiger charge is -1.91. The Labute approximate surface area is 79.9 Å². The molecule has 0 aliphatic carbocycles. The van der Waals surface area contributed by atoms with E-state index in [2.05, 4.69) is 0 Å². The van der Waals surface area contributed by atoms with E-state index in [-0.39, 0.29) is 0 Å². The van der Waals surface area contributed by atoms with Gasteiger partial charge in [-0.05, 0) is 18.2 Å². The van der Waals surface area contributed by atoms with Gasteiger partial charge < -0.3 is 4.42 Å². The van der Waals surface area contributed by atoms with Gasteiger partial charge in [0.2, 0.25) is 0 Å². The second kappa shape index (κ2) is 3.00. The van der Waals surface area contributed by atoms with E-state index in [1.54, 1.807) is 12.3 Å². The molecule has 12 heavy (non-hydrogen) atoms. The van der Waals surface area contributed by atoms with Crippen molar-refractivity contribution in [3.8, 4) is 0 Å². The minimum atomic E-state index is 0.452. The van der Waals surface area contributed by atoms with E-state index < -0.39 is 0 Å². The normalized spacial score (nSPS) is 10.8. The molecule has 62 valence electrons. The molecule has 0 fully saturated rings. The lowest BCUT2D eigenvalue weighted by Crippen LogP contribution is -1.72. The predicted molar refractivity (Wildman–Crippen MR) is 50.8 cm³/mol. The van der Waals surface area contributed by atoms with Crippen molar-refractivity contribution in [2.45, 2.75) is 5.88 Å². The molecule has 0 N–H and O–H groups in total. The van der Waals surface area contributed by atoms with E-state index in [1.807, 2.05) is 12.1 Å². The Kier molecular flexibility index (Phi) is 1.99. The minimum Gasteiger partial charge on any atom is -0.464 e. The fourth-order valence-corrected chi connectivity index (χ4v) is 1.54. The van der Waals surface area contributed by atoms with E-state index in [0.717, 1.165) is 16.5 Å². The first-order valence-electron chi connectivity index (χ1n) is 3.53. The standard InChI is InChI=1S/C9H6Cl2O/c10-4-6-5-12-9-2-1-7(11)3-8(6)9/h1-3,5H,4H2. The number of fused-ring (bicyclic) bond motifs is 1. The van der Waals surface area contributed by atoms with Gasteiger partial charge in [0.05, 0.1) is 12.1 Å². The maximum atomic E-state index is 5.82. The van der Waals surface area contributed by atoms with E-state index >= 15 is 0 Å². The van der Waals surface area contributed by atoms with Crippen LogP contribution in [0.1, 0.15) is 5.56 Å².